The second kappa shape index (κ2) is 7.74. The highest BCUT2D eigenvalue weighted by Crippen LogP contribution is 2.30. The maximum atomic E-state index is 12.6. The minimum atomic E-state index is -3.86. The molecule has 0 bridgehead atoms. The molecule has 0 aliphatic heterocycles. The number of anilines is 1. The third kappa shape index (κ3) is 3.93. The van der Waals surface area contributed by atoms with Gasteiger partial charge in [0.2, 0.25) is 21.7 Å². The van der Waals surface area contributed by atoms with E-state index in [1.54, 1.807) is 36.4 Å². The van der Waals surface area contributed by atoms with Crippen LogP contribution in [0.3, 0.4) is 0 Å². The SMILES string of the molecule is CN(CC(=O)Nc1c(C(N)=O)oc2ccccc12)S(=O)(=O)c1ccc(Br)cc1. The Morgan fingerprint density at radius 2 is 1.79 bits per heavy atom. The van der Waals surface area contributed by atoms with Crippen molar-refractivity contribution >= 4 is 54.4 Å². The number of carbonyl (C=O) groups is 2. The average Bonchev–Trinajstić information content (AvgIpc) is 3.01. The molecule has 28 heavy (non-hydrogen) atoms. The fourth-order valence-corrected chi connectivity index (χ4v) is 3.99. The Morgan fingerprint density at radius 3 is 2.43 bits per heavy atom. The lowest BCUT2D eigenvalue weighted by molar-refractivity contribution is -0.116. The summed E-state index contributed by atoms with van der Waals surface area (Å²) in [4.78, 5) is 24.1. The Bertz CT molecular complexity index is 1160. The molecule has 1 heterocycles. The van der Waals surface area contributed by atoms with E-state index in [0.29, 0.717) is 11.0 Å². The normalized spacial score (nSPS) is 11.7. The molecule has 0 fully saturated rings. The first-order valence-electron chi connectivity index (χ1n) is 8.03. The fourth-order valence-electron chi connectivity index (χ4n) is 2.60. The van der Waals surface area contributed by atoms with Crippen LogP contribution in [-0.4, -0.2) is 38.1 Å². The Labute approximate surface area is 169 Å². The lowest BCUT2D eigenvalue weighted by atomic mass is 10.2. The van der Waals surface area contributed by atoms with E-state index in [9.17, 15) is 18.0 Å². The van der Waals surface area contributed by atoms with Crippen molar-refractivity contribution in [1.29, 1.82) is 0 Å². The van der Waals surface area contributed by atoms with Gasteiger partial charge in [0, 0.05) is 16.9 Å². The van der Waals surface area contributed by atoms with E-state index in [2.05, 4.69) is 21.2 Å². The zero-order valence-electron chi connectivity index (χ0n) is 14.7. The molecule has 1 aromatic heterocycles. The van der Waals surface area contributed by atoms with Gasteiger partial charge in [-0.1, -0.05) is 28.1 Å². The number of nitrogens with one attached hydrogen (secondary N) is 1. The summed E-state index contributed by atoms with van der Waals surface area (Å²) < 4.78 is 32.3. The number of furan rings is 1. The molecule has 0 saturated heterocycles. The monoisotopic (exact) mass is 465 g/mol. The lowest BCUT2D eigenvalue weighted by Gasteiger charge is -2.17. The molecule has 0 spiro atoms. The molecule has 3 rings (SSSR count). The summed E-state index contributed by atoms with van der Waals surface area (Å²) in [5.41, 5.74) is 5.81. The van der Waals surface area contributed by atoms with Crippen LogP contribution in [0.1, 0.15) is 10.6 Å². The number of sulfonamides is 1. The number of carbonyl (C=O) groups excluding carboxylic acids is 2. The lowest BCUT2D eigenvalue weighted by Crippen LogP contribution is -2.35. The van der Waals surface area contributed by atoms with Crippen LogP contribution in [-0.2, 0) is 14.8 Å². The molecule has 0 aliphatic carbocycles. The van der Waals surface area contributed by atoms with E-state index < -0.39 is 28.4 Å². The Kier molecular flexibility index (Phi) is 5.54. The number of rotatable bonds is 6. The van der Waals surface area contributed by atoms with Crippen molar-refractivity contribution in [2.75, 3.05) is 18.9 Å². The van der Waals surface area contributed by atoms with Crippen molar-refractivity contribution in [2.24, 2.45) is 5.73 Å². The number of primary amides is 1. The van der Waals surface area contributed by atoms with Gasteiger partial charge in [0.25, 0.3) is 5.91 Å². The number of hydrogen-bond donors (Lipinski definition) is 2. The zero-order chi connectivity index (χ0) is 20.5. The van der Waals surface area contributed by atoms with Crippen molar-refractivity contribution < 1.29 is 22.4 Å². The smallest absolute Gasteiger partial charge is 0.286 e. The molecule has 0 unspecified atom stereocenters. The third-order valence-electron chi connectivity index (χ3n) is 3.97. The first-order chi connectivity index (χ1) is 13.2. The van der Waals surface area contributed by atoms with Gasteiger partial charge >= 0.3 is 0 Å². The first kappa shape index (κ1) is 20.1. The molecule has 146 valence electrons. The summed E-state index contributed by atoms with van der Waals surface area (Å²) in [6.07, 6.45) is 0. The van der Waals surface area contributed by atoms with E-state index in [1.165, 1.54) is 19.2 Å². The van der Waals surface area contributed by atoms with Gasteiger partial charge in [-0.05, 0) is 36.4 Å². The molecule has 3 N–H and O–H groups in total. The summed E-state index contributed by atoms with van der Waals surface area (Å²) >= 11 is 3.24. The number of fused-ring (bicyclic) bond motifs is 1. The van der Waals surface area contributed by atoms with Crippen LogP contribution >= 0.6 is 15.9 Å². The van der Waals surface area contributed by atoms with Crippen LogP contribution < -0.4 is 11.1 Å². The fraction of sp³-hybridized carbons (Fsp3) is 0.111. The van der Waals surface area contributed by atoms with E-state index in [-0.39, 0.29) is 16.3 Å². The molecule has 0 saturated carbocycles. The number of benzene rings is 2. The molecule has 0 radical (unpaired) electrons. The molecular weight excluding hydrogens is 450 g/mol. The highest BCUT2D eigenvalue weighted by molar-refractivity contribution is 9.10. The minimum Gasteiger partial charge on any atom is -0.449 e. The number of para-hydroxylation sites is 1. The number of nitrogens with two attached hydrogens (primary N) is 1. The standard InChI is InChI=1S/C18H16BrN3O5S/c1-22(28(25,26)12-8-6-11(19)7-9-12)10-15(23)21-16-13-4-2-3-5-14(13)27-17(16)18(20)24/h2-9H,10H2,1H3,(H2,20,24)(H,21,23). The summed E-state index contributed by atoms with van der Waals surface area (Å²) in [5.74, 6) is -1.69. The number of halogens is 1. The minimum absolute atomic E-state index is 0.0533. The van der Waals surface area contributed by atoms with Gasteiger partial charge in [0.1, 0.15) is 11.3 Å². The molecule has 0 aliphatic rings. The maximum Gasteiger partial charge on any atom is 0.286 e. The van der Waals surface area contributed by atoms with Gasteiger partial charge < -0.3 is 15.5 Å². The Balaban J connectivity index is 1.82. The third-order valence-corrected chi connectivity index (χ3v) is 6.32. The van der Waals surface area contributed by atoms with Gasteiger partial charge in [-0.15, -0.1) is 0 Å². The Hall–Kier alpha value is -2.69. The van der Waals surface area contributed by atoms with Crippen LogP contribution in [0.5, 0.6) is 0 Å². The van der Waals surface area contributed by atoms with Gasteiger partial charge in [0.15, 0.2) is 0 Å². The van der Waals surface area contributed by atoms with Crippen LogP contribution in [0.2, 0.25) is 0 Å². The van der Waals surface area contributed by atoms with Gasteiger partial charge in [-0.2, -0.15) is 4.31 Å². The van der Waals surface area contributed by atoms with Crippen molar-refractivity contribution in [3.8, 4) is 0 Å². The highest BCUT2D eigenvalue weighted by atomic mass is 79.9. The molecule has 0 atom stereocenters. The number of nitrogens with zero attached hydrogens (tertiary/aromatic N) is 1. The van der Waals surface area contributed by atoms with E-state index >= 15 is 0 Å². The molecule has 2 aromatic carbocycles. The quantitative estimate of drug-likeness (QED) is 0.578. The molecule has 10 heteroatoms. The summed E-state index contributed by atoms with van der Waals surface area (Å²) in [7, 11) is -2.57. The molecule has 3 aromatic rings. The van der Waals surface area contributed by atoms with Crippen LogP contribution in [0.25, 0.3) is 11.0 Å². The predicted octanol–water partition coefficient (Wildman–Crippen LogP) is 2.55. The van der Waals surface area contributed by atoms with Crippen molar-refractivity contribution in [3.63, 3.8) is 0 Å². The van der Waals surface area contributed by atoms with E-state index in [0.717, 1.165) is 8.78 Å². The van der Waals surface area contributed by atoms with Gasteiger partial charge in [-0.25, -0.2) is 8.42 Å². The van der Waals surface area contributed by atoms with Crippen molar-refractivity contribution in [3.05, 3.63) is 58.8 Å². The molecule has 2 amide bonds. The average molecular weight is 466 g/mol. The second-order valence-corrected chi connectivity index (χ2v) is 8.89. The molecule has 8 nitrogen and oxygen atoms in total. The Morgan fingerprint density at radius 1 is 1.14 bits per heavy atom. The van der Waals surface area contributed by atoms with Crippen LogP contribution in [0.15, 0.2) is 62.3 Å². The van der Waals surface area contributed by atoms with E-state index in [1.807, 2.05) is 0 Å². The highest BCUT2D eigenvalue weighted by Gasteiger charge is 2.25. The van der Waals surface area contributed by atoms with Crippen LogP contribution in [0.4, 0.5) is 5.69 Å². The topological polar surface area (TPSA) is 123 Å². The van der Waals surface area contributed by atoms with Crippen LogP contribution in [0, 0.1) is 0 Å². The largest absolute Gasteiger partial charge is 0.449 e. The van der Waals surface area contributed by atoms with Gasteiger partial charge in [0.05, 0.1) is 11.4 Å². The summed E-state index contributed by atoms with van der Waals surface area (Å²) in [6.45, 7) is -0.462. The van der Waals surface area contributed by atoms with Crippen molar-refractivity contribution in [1.82, 2.24) is 4.31 Å². The predicted molar refractivity (Wildman–Crippen MR) is 107 cm³/mol. The zero-order valence-corrected chi connectivity index (χ0v) is 17.1. The maximum absolute atomic E-state index is 12.6. The van der Waals surface area contributed by atoms with E-state index in [4.69, 9.17) is 10.2 Å². The van der Waals surface area contributed by atoms with Crippen molar-refractivity contribution in [2.45, 2.75) is 4.90 Å². The number of hydrogen-bond acceptors (Lipinski definition) is 5. The summed E-state index contributed by atoms with van der Waals surface area (Å²) in [5, 5.41) is 3.02. The molecular formula is C18H16BrN3O5S. The number of amides is 2. The van der Waals surface area contributed by atoms with Gasteiger partial charge in [-0.3, -0.25) is 9.59 Å². The summed E-state index contributed by atoms with van der Waals surface area (Å²) in [6, 6.07) is 12.8. The number of likely N-dealkylation sites (N-methyl/N-ethyl adjacent to an activating group) is 1. The first-order valence-corrected chi connectivity index (χ1v) is 10.3. The second-order valence-electron chi connectivity index (χ2n) is 5.93.